The van der Waals surface area contributed by atoms with Gasteiger partial charge in [0.15, 0.2) is 5.82 Å². The van der Waals surface area contributed by atoms with Crippen LogP contribution in [0.3, 0.4) is 0 Å². The maximum absolute atomic E-state index is 3.96. The Morgan fingerprint density at radius 3 is 2.44 bits per heavy atom. The van der Waals surface area contributed by atoms with Gasteiger partial charge in [-0.3, -0.25) is 0 Å². The summed E-state index contributed by atoms with van der Waals surface area (Å²) in [5.41, 5.74) is 3.63. The lowest BCUT2D eigenvalue weighted by molar-refractivity contribution is 0.810. The summed E-state index contributed by atoms with van der Waals surface area (Å²) in [7, 11) is 0. The van der Waals surface area contributed by atoms with Crippen molar-refractivity contribution in [1.29, 1.82) is 0 Å². The third kappa shape index (κ3) is 2.81. The number of hydrazone groups is 1. The van der Waals surface area contributed by atoms with Crippen LogP contribution in [0.5, 0.6) is 0 Å². The third-order valence-electron chi connectivity index (χ3n) is 1.76. The van der Waals surface area contributed by atoms with Crippen LogP contribution < -0.4 is 5.43 Å². The van der Waals surface area contributed by atoms with Gasteiger partial charge < -0.3 is 0 Å². The van der Waals surface area contributed by atoms with Crippen LogP contribution in [0.1, 0.15) is 11.4 Å². The Morgan fingerprint density at radius 2 is 1.75 bits per heavy atom. The summed E-state index contributed by atoms with van der Waals surface area (Å²) in [5, 5.41) is 19.0. The molecular formula is C10H10N6. The van der Waals surface area contributed by atoms with Crippen LogP contribution in [0.2, 0.25) is 0 Å². The van der Waals surface area contributed by atoms with E-state index < -0.39 is 0 Å². The van der Waals surface area contributed by atoms with Gasteiger partial charge in [-0.05, 0) is 12.5 Å². The van der Waals surface area contributed by atoms with E-state index in [9.17, 15) is 0 Å². The van der Waals surface area contributed by atoms with Crippen molar-refractivity contribution in [3.63, 3.8) is 0 Å². The summed E-state index contributed by atoms with van der Waals surface area (Å²) in [6, 6.07) is 9.71. The predicted octanol–water partition coefficient (Wildman–Crippen LogP) is 1.02. The second kappa shape index (κ2) is 4.92. The number of nitrogens with zero attached hydrogens (tertiary/aromatic N) is 5. The lowest BCUT2D eigenvalue weighted by Gasteiger charge is -1.95. The Hall–Kier alpha value is -2.37. The molecule has 0 spiro atoms. The zero-order valence-corrected chi connectivity index (χ0v) is 8.70. The maximum Gasteiger partial charge on any atom is 0.282 e. The van der Waals surface area contributed by atoms with E-state index in [0.717, 1.165) is 5.56 Å². The predicted molar refractivity (Wildman–Crippen MR) is 60.0 cm³/mol. The first-order valence-electron chi connectivity index (χ1n) is 4.73. The molecule has 0 atom stereocenters. The van der Waals surface area contributed by atoms with Crippen LogP contribution in [0.25, 0.3) is 0 Å². The topological polar surface area (TPSA) is 76.0 Å². The van der Waals surface area contributed by atoms with Crippen LogP contribution in [0.4, 0.5) is 5.95 Å². The molecule has 0 fully saturated rings. The molecule has 0 saturated carbocycles. The quantitative estimate of drug-likeness (QED) is 0.609. The third-order valence-corrected chi connectivity index (χ3v) is 1.76. The number of rotatable bonds is 3. The van der Waals surface area contributed by atoms with Gasteiger partial charge in [0.25, 0.3) is 5.95 Å². The molecule has 1 heterocycles. The van der Waals surface area contributed by atoms with Crippen LogP contribution in [-0.4, -0.2) is 26.6 Å². The van der Waals surface area contributed by atoms with Crippen molar-refractivity contribution < 1.29 is 0 Å². The van der Waals surface area contributed by atoms with Gasteiger partial charge in [-0.25, -0.2) is 5.43 Å². The Labute approximate surface area is 92.4 Å². The van der Waals surface area contributed by atoms with E-state index in [4.69, 9.17) is 0 Å². The fourth-order valence-corrected chi connectivity index (χ4v) is 1.03. The Balaban J connectivity index is 1.97. The molecule has 1 N–H and O–H groups in total. The lowest BCUT2D eigenvalue weighted by atomic mass is 10.2. The van der Waals surface area contributed by atoms with E-state index in [1.807, 2.05) is 30.3 Å². The molecule has 0 aliphatic rings. The van der Waals surface area contributed by atoms with Crippen molar-refractivity contribution in [3.8, 4) is 0 Å². The average Bonchev–Trinajstić information content (AvgIpc) is 2.33. The van der Waals surface area contributed by atoms with E-state index in [2.05, 4.69) is 30.9 Å². The number of benzene rings is 1. The number of hydrogen-bond donors (Lipinski definition) is 1. The molecule has 0 unspecified atom stereocenters. The number of nitrogens with one attached hydrogen (secondary N) is 1. The van der Waals surface area contributed by atoms with E-state index in [-0.39, 0.29) is 5.95 Å². The monoisotopic (exact) mass is 214 g/mol. The first-order chi connectivity index (χ1) is 7.84. The molecule has 0 saturated heterocycles. The van der Waals surface area contributed by atoms with Crippen molar-refractivity contribution in [2.24, 2.45) is 5.10 Å². The van der Waals surface area contributed by atoms with Crippen molar-refractivity contribution >= 4 is 12.2 Å². The number of aromatic nitrogens is 4. The first kappa shape index (κ1) is 10.2. The highest BCUT2D eigenvalue weighted by Crippen LogP contribution is 1.95. The summed E-state index contributed by atoms with van der Waals surface area (Å²) < 4.78 is 0. The molecular weight excluding hydrogens is 204 g/mol. The molecule has 6 nitrogen and oxygen atoms in total. The second-order valence-corrected chi connectivity index (χ2v) is 3.05. The summed E-state index contributed by atoms with van der Waals surface area (Å²) in [4.78, 5) is 0. The Bertz CT molecular complexity index is 464. The SMILES string of the molecule is Cc1nnc(N/N=C/c2ccccc2)nn1. The van der Waals surface area contributed by atoms with E-state index in [1.54, 1.807) is 13.1 Å². The number of anilines is 1. The van der Waals surface area contributed by atoms with Gasteiger partial charge in [0.1, 0.15) is 0 Å². The van der Waals surface area contributed by atoms with Crippen molar-refractivity contribution in [2.45, 2.75) is 6.92 Å². The van der Waals surface area contributed by atoms with Gasteiger partial charge in [0.2, 0.25) is 0 Å². The number of hydrogen-bond acceptors (Lipinski definition) is 6. The van der Waals surface area contributed by atoms with Crippen molar-refractivity contribution in [3.05, 3.63) is 41.7 Å². The van der Waals surface area contributed by atoms with Gasteiger partial charge in [0, 0.05) is 0 Å². The van der Waals surface area contributed by atoms with Crippen LogP contribution in [0, 0.1) is 6.92 Å². The molecule has 0 amide bonds. The smallest absolute Gasteiger partial charge is 0.243 e. The molecule has 1 aromatic carbocycles. The van der Waals surface area contributed by atoms with Crippen LogP contribution in [0.15, 0.2) is 35.4 Å². The molecule has 0 radical (unpaired) electrons. The second-order valence-electron chi connectivity index (χ2n) is 3.05. The highest BCUT2D eigenvalue weighted by molar-refractivity contribution is 5.79. The fraction of sp³-hybridized carbons (Fsp3) is 0.100. The molecule has 0 aliphatic carbocycles. The molecule has 6 heteroatoms. The summed E-state index contributed by atoms with van der Waals surface area (Å²) in [6.07, 6.45) is 1.67. The zero-order valence-electron chi connectivity index (χ0n) is 8.70. The van der Waals surface area contributed by atoms with Crippen LogP contribution >= 0.6 is 0 Å². The van der Waals surface area contributed by atoms with Crippen molar-refractivity contribution in [1.82, 2.24) is 20.4 Å². The summed E-state index contributed by atoms with van der Waals surface area (Å²) in [5.74, 6) is 0.801. The van der Waals surface area contributed by atoms with Gasteiger partial charge in [-0.2, -0.15) is 5.10 Å². The molecule has 16 heavy (non-hydrogen) atoms. The van der Waals surface area contributed by atoms with Crippen molar-refractivity contribution in [2.75, 3.05) is 5.43 Å². The molecule has 2 rings (SSSR count). The van der Waals surface area contributed by atoms with E-state index in [0.29, 0.717) is 5.82 Å². The fourth-order valence-electron chi connectivity index (χ4n) is 1.03. The molecule has 1 aromatic heterocycles. The Kier molecular flexibility index (Phi) is 3.12. The highest BCUT2D eigenvalue weighted by Gasteiger charge is 1.93. The average molecular weight is 214 g/mol. The van der Waals surface area contributed by atoms with Gasteiger partial charge in [0.05, 0.1) is 6.21 Å². The lowest BCUT2D eigenvalue weighted by Crippen LogP contribution is -2.02. The first-order valence-corrected chi connectivity index (χ1v) is 4.73. The van der Waals surface area contributed by atoms with Gasteiger partial charge in [-0.15, -0.1) is 20.4 Å². The largest absolute Gasteiger partial charge is 0.282 e. The summed E-state index contributed by atoms with van der Waals surface area (Å²) in [6.45, 7) is 1.72. The highest BCUT2D eigenvalue weighted by atomic mass is 15.4. The minimum Gasteiger partial charge on any atom is -0.243 e. The minimum atomic E-state index is 0.276. The zero-order chi connectivity index (χ0) is 11.2. The Morgan fingerprint density at radius 1 is 1.06 bits per heavy atom. The number of aryl methyl sites for hydroxylation is 1. The minimum absolute atomic E-state index is 0.276. The van der Waals surface area contributed by atoms with E-state index >= 15 is 0 Å². The summed E-state index contributed by atoms with van der Waals surface area (Å²) >= 11 is 0. The molecule has 0 aliphatic heterocycles. The normalized spacial score (nSPS) is 10.6. The molecule has 2 aromatic rings. The van der Waals surface area contributed by atoms with Gasteiger partial charge >= 0.3 is 0 Å². The molecule has 80 valence electrons. The molecule has 0 bridgehead atoms. The standard InChI is InChI=1S/C10H10N6/c1-8-12-15-10(16-13-8)14-11-7-9-5-3-2-4-6-9/h2-7H,1H3,(H,14,15,16)/b11-7+. The van der Waals surface area contributed by atoms with E-state index in [1.165, 1.54) is 0 Å². The van der Waals surface area contributed by atoms with Gasteiger partial charge in [-0.1, -0.05) is 30.3 Å². The van der Waals surface area contributed by atoms with Crippen LogP contribution in [-0.2, 0) is 0 Å². The maximum atomic E-state index is 3.96.